The zero-order valence-electron chi connectivity index (χ0n) is 27.0. The molecule has 11 aromatic rings. The Morgan fingerprint density at radius 2 is 1.04 bits per heavy atom. The second kappa shape index (κ2) is 10.7. The van der Waals surface area contributed by atoms with Crippen molar-refractivity contribution in [3.8, 4) is 40.2 Å². The van der Waals surface area contributed by atoms with E-state index >= 15 is 0 Å². The lowest BCUT2D eigenvalue weighted by atomic mass is 10.0. The summed E-state index contributed by atoms with van der Waals surface area (Å²) in [5.74, 6) is 2.30. The molecule has 0 fully saturated rings. The summed E-state index contributed by atoms with van der Waals surface area (Å²) in [7, 11) is 0. The minimum Gasteiger partial charge on any atom is -0.456 e. The summed E-state index contributed by atoms with van der Waals surface area (Å²) in [6, 6.07) is 51.2. The van der Waals surface area contributed by atoms with Crippen LogP contribution in [0.4, 0.5) is 0 Å². The minimum absolute atomic E-state index is 0.556. The number of fused-ring (bicyclic) bond motifs is 10. The summed E-state index contributed by atoms with van der Waals surface area (Å²) >= 11 is 0. The van der Waals surface area contributed by atoms with Gasteiger partial charge in [0.05, 0.1) is 16.4 Å². The first-order valence-corrected chi connectivity index (χ1v) is 16.8. The monoisotopic (exact) mass is 655 g/mol. The van der Waals surface area contributed by atoms with Crippen molar-refractivity contribution in [1.29, 1.82) is 0 Å². The third-order valence-electron chi connectivity index (χ3n) is 9.69. The van der Waals surface area contributed by atoms with Crippen molar-refractivity contribution in [3.63, 3.8) is 0 Å². The standard InChI is InChI=1S/C44H25N5O2/c1-3-11-27(12-4-1)41-46-42(48-44(47-41)49-34-17-9-7-15-30(34)31-16-8-10-18-35(31)49)29-20-19-26-21-23-36-38(32(26)25-29)39-37(50-36)24-22-33-40(39)51-43(45-33)28-13-5-2-6-14-28/h1-25H. The van der Waals surface area contributed by atoms with Gasteiger partial charge in [-0.3, -0.25) is 4.57 Å². The van der Waals surface area contributed by atoms with Crippen molar-refractivity contribution in [1.82, 2.24) is 24.5 Å². The lowest BCUT2D eigenvalue weighted by Gasteiger charge is -2.11. The molecule has 51 heavy (non-hydrogen) atoms. The average molecular weight is 656 g/mol. The summed E-state index contributed by atoms with van der Waals surface area (Å²) in [6.07, 6.45) is 0. The highest BCUT2D eigenvalue weighted by Crippen LogP contribution is 2.41. The van der Waals surface area contributed by atoms with Gasteiger partial charge in [-0.05, 0) is 59.3 Å². The van der Waals surface area contributed by atoms with Crippen LogP contribution in [-0.4, -0.2) is 24.5 Å². The van der Waals surface area contributed by atoms with Gasteiger partial charge >= 0.3 is 0 Å². The van der Waals surface area contributed by atoms with Crippen molar-refractivity contribution in [2.24, 2.45) is 0 Å². The molecular weight excluding hydrogens is 631 g/mol. The highest BCUT2D eigenvalue weighted by atomic mass is 16.4. The molecule has 7 heteroatoms. The van der Waals surface area contributed by atoms with Crippen LogP contribution in [0.15, 0.2) is 160 Å². The molecule has 7 nitrogen and oxygen atoms in total. The quantitative estimate of drug-likeness (QED) is 0.188. The zero-order chi connectivity index (χ0) is 33.5. The molecule has 0 radical (unpaired) electrons. The Balaban J connectivity index is 1.17. The van der Waals surface area contributed by atoms with Crippen LogP contribution in [0, 0.1) is 0 Å². The number of nitrogens with zero attached hydrogens (tertiary/aromatic N) is 5. The number of hydrogen-bond acceptors (Lipinski definition) is 6. The van der Waals surface area contributed by atoms with Crippen molar-refractivity contribution < 1.29 is 8.83 Å². The lowest BCUT2D eigenvalue weighted by molar-refractivity contribution is 0.622. The Labute approximate surface area is 290 Å². The van der Waals surface area contributed by atoms with E-state index in [0.29, 0.717) is 29.1 Å². The molecule has 0 atom stereocenters. The molecule has 0 saturated carbocycles. The molecule has 0 aliphatic rings. The van der Waals surface area contributed by atoms with Gasteiger partial charge in [0.25, 0.3) is 0 Å². The molecule has 238 valence electrons. The number of para-hydroxylation sites is 2. The van der Waals surface area contributed by atoms with Crippen molar-refractivity contribution >= 4 is 65.6 Å². The number of hydrogen-bond donors (Lipinski definition) is 0. The van der Waals surface area contributed by atoms with Gasteiger partial charge < -0.3 is 8.83 Å². The van der Waals surface area contributed by atoms with Crippen LogP contribution in [0.3, 0.4) is 0 Å². The number of rotatable bonds is 4. The maximum absolute atomic E-state index is 6.48. The number of benzene rings is 7. The largest absolute Gasteiger partial charge is 0.456 e. The molecular formula is C44H25N5O2. The van der Waals surface area contributed by atoms with Crippen LogP contribution in [0.25, 0.3) is 106 Å². The van der Waals surface area contributed by atoms with Gasteiger partial charge in [-0.2, -0.15) is 9.97 Å². The second-order valence-electron chi connectivity index (χ2n) is 12.7. The molecule has 0 saturated heterocycles. The van der Waals surface area contributed by atoms with E-state index in [1.807, 2.05) is 78.9 Å². The van der Waals surface area contributed by atoms with E-state index in [1.165, 1.54) is 0 Å². The summed E-state index contributed by atoms with van der Waals surface area (Å²) < 4.78 is 15.0. The SMILES string of the molecule is c1ccc(-c2nc(-c3ccc4ccc5oc6ccc7nc(-c8ccccc8)oc7c6c5c4c3)nc(-n3c4ccccc4c4ccccc43)n2)cc1. The molecule has 11 rings (SSSR count). The molecule has 0 aliphatic carbocycles. The van der Waals surface area contributed by atoms with Crippen LogP contribution < -0.4 is 0 Å². The number of furan rings is 1. The molecule has 7 aromatic carbocycles. The predicted molar refractivity (Wildman–Crippen MR) is 203 cm³/mol. The average Bonchev–Trinajstić information content (AvgIpc) is 3.90. The topological polar surface area (TPSA) is 82.8 Å². The molecule has 0 spiro atoms. The highest BCUT2D eigenvalue weighted by Gasteiger charge is 2.21. The maximum atomic E-state index is 6.48. The molecule has 0 N–H and O–H groups in total. The highest BCUT2D eigenvalue weighted by molar-refractivity contribution is 6.25. The Hall–Kier alpha value is -7.12. The maximum Gasteiger partial charge on any atom is 0.238 e. The fourth-order valence-corrected chi connectivity index (χ4v) is 7.35. The van der Waals surface area contributed by atoms with E-state index < -0.39 is 0 Å². The fourth-order valence-electron chi connectivity index (χ4n) is 7.35. The van der Waals surface area contributed by atoms with Crippen molar-refractivity contribution in [2.75, 3.05) is 0 Å². The van der Waals surface area contributed by atoms with Crippen LogP contribution >= 0.6 is 0 Å². The Bertz CT molecular complexity index is 3090. The second-order valence-corrected chi connectivity index (χ2v) is 12.7. The van der Waals surface area contributed by atoms with Gasteiger partial charge in [0.15, 0.2) is 17.2 Å². The fraction of sp³-hybridized carbons (Fsp3) is 0. The Morgan fingerprint density at radius 3 is 1.78 bits per heavy atom. The minimum atomic E-state index is 0.556. The number of aromatic nitrogens is 5. The first kappa shape index (κ1) is 27.8. The van der Waals surface area contributed by atoms with E-state index in [1.54, 1.807) is 0 Å². The van der Waals surface area contributed by atoms with Gasteiger partial charge in [-0.25, -0.2) is 9.97 Å². The van der Waals surface area contributed by atoms with Gasteiger partial charge in [-0.15, -0.1) is 0 Å². The molecule has 0 amide bonds. The summed E-state index contributed by atoms with van der Waals surface area (Å²) in [6.45, 7) is 0. The predicted octanol–water partition coefficient (Wildman–Crippen LogP) is 11.2. The Kier molecular flexibility index (Phi) is 5.83. The third kappa shape index (κ3) is 4.25. The molecule has 0 unspecified atom stereocenters. The summed E-state index contributed by atoms with van der Waals surface area (Å²) in [4.78, 5) is 20.2. The van der Waals surface area contributed by atoms with Crippen LogP contribution in [0.5, 0.6) is 0 Å². The number of oxazole rings is 1. The van der Waals surface area contributed by atoms with E-state index in [2.05, 4.69) is 77.4 Å². The summed E-state index contributed by atoms with van der Waals surface area (Å²) in [5.41, 5.74) is 7.75. The normalized spacial score (nSPS) is 11.9. The first-order valence-electron chi connectivity index (χ1n) is 16.8. The van der Waals surface area contributed by atoms with Crippen molar-refractivity contribution in [3.05, 3.63) is 152 Å². The lowest BCUT2D eigenvalue weighted by Crippen LogP contribution is -2.06. The third-order valence-corrected chi connectivity index (χ3v) is 9.69. The van der Waals surface area contributed by atoms with E-state index in [0.717, 1.165) is 76.7 Å². The van der Waals surface area contributed by atoms with E-state index in [-0.39, 0.29) is 0 Å². The van der Waals surface area contributed by atoms with Gasteiger partial charge in [0.2, 0.25) is 11.8 Å². The molecule has 0 bridgehead atoms. The van der Waals surface area contributed by atoms with Crippen molar-refractivity contribution in [2.45, 2.75) is 0 Å². The van der Waals surface area contributed by atoms with Crippen LogP contribution in [-0.2, 0) is 0 Å². The van der Waals surface area contributed by atoms with Gasteiger partial charge in [-0.1, -0.05) is 103 Å². The summed E-state index contributed by atoms with van der Waals surface area (Å²) in [5, 5.41) is 6.22. The van der Waals surface area contributed by atoms with Crippen LogP contribution in [0.1, 0.15) is 0 Å². The first-order chi connectivity index (χ1) is 25.3. The smallest absolute Gasteiger partial charge is 0.238 e. The molecule has 4 aromatic heterocycles. The van der Waals surface area contributed by atoms with Crippen LogP contribution in [0.2, 0.25) is 0 Å². The van der Waals surface area contributed by atoms with Gasteiger partial charge in [0.1, 0.15) is 16.7 Å². The van der Waals surface area contributed by atoms with Gasteiger partial charge in [0, 0.05) is 32.8 Å². The molecule has 0 aliphatic heterocycles. The zero-order valence-corrected chi connectivity index (χ0v) is 27.0. The van der Waals surface area contributed by atoms with E-state index in [9.17, 15) is 0 Å². The van der Waals surface area contributed by atoms with E-state index in [4.69, 9.17) is 28.8 Å². The Morgan fingerprint density at radius 1 is 0.431 bits per heavy atom. The molecule has 4 heterocycles.